The van der Waals surface area contributed by atoms with Crippen LogP contribution in [0.3, 0.4) is 0 Å². The monoisotopic (exact) mass is 278 g/mol. The molecule has 0 aliphatic rings. The fourth-order valence-corrected chi connectivity index (χ4v) is 1.78. The summed E-state index contributed by atoms with van der Waals surface area (Å²) in [5.74, 6) is -0.131. The van der Waals surface area contributed by atoms with Crippen molar-refractivity contribution in [1.82, 2.24) is 10.3 Å². The van der Waals surface area contributed by atoms with E-state index in [2.05, 4.69) is 15.0 Å². The minimum Gasteiger partial charge on any atom is -0.469 e. The Balaban J connectivity index is 1.99. The highest BCUT2D eigenvalue weighted by Crippen LogP contribution is 2.01. The summed E-state index contributed by atoms with van der Waals surface area (Å²) < 4.78 is 4.55. The third-order valence-corrected chi connectivity index (χ3v) is 2.94. The second-order valence-corrected chi connectivity index (χ2v) is 4.56. The lowest BCUT2D eigenvalue weighted by atomic mass is 10.2. The smallest absolute Gasteiger partial charge is 0.305 e. The zero-order valence-corrected chi connectivity index (χ0v) is 11.9. The van der Waals surface area contributed by atoms with Crippen LogP contribution in [-0.4, -0.2) is 30.5 Å². The number of unbranched alkanes of at least 4 members (excludes halogenated alkanes) is 2. The number of amides is 1. The Bertz CT molecular complexity index is 407. The van der Waals surface area contributed by atoms with Crippen LogP contribution in [0.5, 0.6) is 0 Å². The molecule has 0 saturated heterocycles. The van der Waals surface area contributed by atoms with Crippen LogP contribution >= 0.6 is 0 Å². The third kappa shape index (κ3) is 7.51. The molecule has 0 radical (unpaired) electrons. The van der Waals surface area contributed by atoms with E-state index < -0.39 is 0 Å². The van der Waals surface area contributed by atoms with E-state index in [9.17, 15) is 9.59 Å². The largest absolute Gasteiger partial charge is 0.469 e. The van der Waals surface area contributed by atoms with Gasteiger partial charge in [-0.05, 0) is 31.4 Å². The zero-order chi connectivity index (χ0) is 14.6. The van der Waals surface area contributed by atoms with E-state index in [-0.39, 0.29) is 11.9 Å². The second-order valence-electron chi connectivity index (χ2n) is 4.56. The molecule has 0 unspecified atom stereocenters. The first-order valence-electron chi connectivity index (χ1n) is 6.96. The summed E-state index contributed by atoms with van der Waals surface area (Å²) in [7, 11) is 1.39. The number of hydrogen-bond acceptors (Lipinski definition) is 4. The number of hydrogen-bond donors (Lipinski definition) is 1. The highest BCUT2D eigenvalue weighted by Gasteiger charge is 2.03. The molecule has 1 aromatic rings. The van der Waals surface area contributed by atoms with Crippen molar-refractivity contribution in [2.45, 2.75) is 38.5 Å². The molecule has 5 heteroatoms. The SMILES string of the molecule is COC(=O)CCCCCNC(=O)CCc1ccccn1. The Morgan fingerprint density at radius 2 is 2.05 bits per heavy atom. The van der Waals surface area contributed by atoms with Gasteiger partial charge in [0.25, 0.3) is 0 Å². The van der Waals surface area contributed by atoms with Crippen LogP contribution in [0.2, 0.25) is 0 Å². The van der Waals surface area contributed by atoms with Crippen LogP contribution in [0, 0.1) is 0 Å². The van der Waals surface area contributed by atoms with Gasteiger partial charge in [-0.3, -0.25) is 14.6 Å². The summed E-state index contributed by atoms with van der Waals surface area (Å²) in [4.78, 5) is 26.6. The number of methoxy groups -OCH3 is 1. The van der Waals surface area contributed by atoms with Crippen molar-refractivity contribution in [2.75, 3.05) is 13.7 Å². The maximum atomic E-state index is 11.6. The summed E-state index contributed by atoms with van der Waals surface area (Å²) in [5.41, 5.74) is 0.931. The van der Waals surface area contributed by atoms with Gasteiger partial charge in [0.1, 0.15) is 0 Å². The molecule has 0 saturated carbocycles. The number of esters is 1. The van der Waals surface area contributed by atoms with E-state index >= 15 is 0 Å². The highest BCUT2D eigenvalue weighted by molar-refractivity contribution is 5.76. The number of carbonyl (C=O) groups excluding carboxylic acids is 2. The minimum absolute atomic E-state index is 0.0450. The lowest BCUT2D eigenvalue weighted by molar-refractivity contribution is -0.140. The first-order valence-corrected chi connectivity index (χ1v) is 6.96. The van der Waals surface area contributed by atoms with Gasteiger partial charge in [-0.2, -0.15) is 0 Å². The molecule has 5 nitrogen and oxygen atoms in total. The van der Waals surface area contributed by atoms with Gasteiger partial charge < -0.3 is 10.1 Å². The summed E-state index contributed by atoms with van der Waals surface area (Å²) in [6, 6.07) is 5.69. The van der Waals surface area contributed by atoms with E-state index in [1.54, 1.807) is 6.20 Å². The van der Waals surface area contributed by atoms with E-state index in [0.29, 0.717) is 25.8 Å². The van der Waals surface area contributed by atoms with E-state index in [1.165, 1.54) is 7.11 Å². The van der Waals surface area contributed by atoms with E-state index in [1.807, 2.05) is 18.2 Å². The molecule has 0 aliphatic heterocycles. The number of ether oxygens (including phenoxy) is 1. The summed E-state index contributed by atoms with van der Waals surface area (Å²) in [6.07, 6.45) is 5.89. The van der Waals surface area contributed by atoms with Gasteiger partial charge in [0, 0.05) is 31.3 Å². The van der Waals surface area contributed by atoms with Crippen LogP contribution < -0.4 is 5.32 Å². The summed E-state index contributed by atoms with van der Waals surface area (Å²) in [5, 5.41) is 2.87. The molecular formula is C15H22N2O3. The normalized spacial score (nSPS) is 10.1. The summed E-state index contributed by atoms with van der Waals surface area (Å²) >= 11 is 0. The van der Waals surface area contributed by atoms with Crippen LogP contribution in [0.1, 0.15) is 37.8 Å². The maximum Gasteiger partial charge on any atom is 0.305 e. The van der Waals surface area contributed by atoms with Gasteiger partial charge in [-0.1, -0.05) is 12.5 Å². The molecule has 0 atom stereocenters. The number of rotatable bonds is 9. The standard InChI is InChI=1S/C15H22N2O3/c1-20-15(19)8-3-2-5-12-17-14(18)10-9-13-7-4-6-11-16-13/h4,6-7,11H,2-3,5,8-10,12H2,1H3,(H,17,18). The lowest BCUT2D eigenvalue weighted by Gasteiger charge is -2.05. The molecule has 1 heterocycles. The van der Waals surface area contributed by atoms with Crippen molar-refractivity contribution >= 4 is 11.9 Å². The molecule has 1 aromatic heterocycles. The quantitative estimate of drug-likeness (QED) is 0.553. The minimum atomic E-state index is -0.176. The fraction of sp³-hybridized carbons (Fsp3) is 0.533. The van der Waals surface area contributed by atoms with Gasteiger partial charge in [0.2, 0.25) is 5.91 Å². The number of pyridine rings is 1. The van der Waals surface area contributed by atoms with Crippen LogP contribution in [0.4, 0.5) is 0 Å². The first kappa shape index (κ1) is 16.1. The van der Waals surface area contributed by atoms with E-state index in [4.69, 9.17) is 0 Å². The predicted octanol–water partition coefficient (Wildman–Crippen LogP) is 1.86. The van der Waals surface area contributed by atoms with Crippen molar-refractivity contribution in [3.63, 3.8) is 0 Å². The molecule has 1 amide bonds. The molecule has 1 N–H and O–H groups in total. The van der Waals surface area contributed by atoms with Gasteiger partial charge in [-0.15, -0.1) is 0 Å². The van der Waals surface area contributed by atoms with E-state index in [0.717, 1.165) is 25.0 Å². The topological polar surface area (TPSA) is 68.3 Å². The lowest BCUT2D eigenvalue weighted by Crippen LogP contribution is -2.24. The molecule has 20 heavy (non-hydrogen) atoms. The molecule has 0 aromatic carbocycles. The first-order chi connectivity index (χ1) is 9.72. The van der Waals surface area contributed by atoms with Crippen molar-refractivity contribution in [3.8, 4) is 0 Å². The van der Waals surface area contributed by atoms with Crippen molar-refractivity contribution in [3.05, 3.63) is 30.1 Å². The molecule has 110 valence electrons. The van der Waals surface area contributed by atoms with Gasteiger partial charge in [0.15, 0.2) is 0 Å². The van der Waals surface area contributed by atoms with Crippen molar-refractivity contribution in [2.24, 2.45) is 0 Å². The van der Waals surface area contributed by atoms with Crippen LogP contribution in [0.15, 0.2) is 24.4 Å². The Hall–Kier alpha value is -1.91. The number of aromatic nitrogens is 1. The molecule has 0 spiro atoms. The van der Waals surface area contributed by atoms with Crippen LogP contribution in [-0.2, 0) is 20.7 Å². The molecule has 1 rings (SSSR count). The Kier molecular flexibility index (Phi) is 8.03. The van der Waals surface area contributed by atoms with Gasteiger partial charge >= 0.3 is 5.97 Å². The average Bonchev–Trinajstić information content (AvgIpc) is 2.49. The van der Waals surface area contributed by atoms with Gasteiger partial charge in [-0.25, -0.2) is 0 Å². The molecule has 0 fully saturated rings. The Labute approximate surface area is 119 Å². The average molecular weight is 278 g/mol. The Morgan fingerprint density at radius 1 is 1.20 bits per heavy atom. The second kappa shape index (κ2) is 9.95. The molecule has 0 aliphatic carbocycles. The van der Waals surface area contributed by atoms with Crippen molar-refractivity contribution < 1.29 is 14.3 Å². The molecule has 0 bridgehead atoms. The van der Waals surface area contributed by atoms with Crippen LogP contribution in [0.25, 0.3) is 0 Å². The fourth-order valence-electron chi connectivity index (χ4n) is 1.78. The molecular weight excluding hydrogens is 256 g/mol. The number of nitrogens with zero attached hydrogens (tertiary/aromatic N) is 1. The maximum absolute atomic E-state index is 11.6. The highest BCUT2D eigenvalue weighted by atomic mass is 16.5. The Morgan fingerprint density at radius 3 is 2.75 bits per heavy atom. The van der Waals surface area contributed by atoms with Gasteiger partial charge in [0.05, 0.1) is 7.11 Å². The van der Waals surface area contributed by atoms with Crippen molar-refractivity contribution in [1.29, 1.82) is 0 Å². The number of carbonyl (C=O) groups is 2. The summed E-state index contributed by atoms with van der Waals surface area (Å²) in [6.45, 7) is 0.655. The number of nitrogens with one attached hydrogen (secondary N) is 1. The third-order valence-electron chi connectivity index (χ3n) is 2.94. The zero-order valence-electron chi connectivity index (χ0n) is 11.9. The predicted molar refractivity (Wildman–Crippen MR) is 76.1 cm³/mol. The number of aryl methyl sites for hydroxylation is 1.